The molecule has 7 heteroatoms. The van der Waals surface area contributed by atoms with Gasteiger partial charge < -0.3 is 9.47 Å². The molecule has 0 unspecified atom stereocenters. The van der Waals surface area contributed by atoms with E-state index in [2.05, 4.69) is 4.74 Å². The highest BCUT2D eigenvalue weighted by Gasteiger charge is 2.31. The largest absolute Gasteiger partial charge is 0.497 e. The summed E-state index contributed by atoms with van der Waals surface area (Å²) in [6.45, 7) is 0.575. The van der Waals surface area contributed by atoms with E-state index in [9.17, 15) is 9.59 Å². The monoisotopic (exact) mass is 379 g/mol. The third-order valence-electron chi connectivity index (χ3n) is 3.78. The highest BCUT2D eigenvalue weighted by atomic mass is 32.2. The van der Waals surface area contributed by atoms with Crippen LogP contribution in [-0.2, 0) is 9.53 Å². The number of carbonyl (C=O) groups is 2. The van der Waals surface area contributed by atoms with Crippen molar-refractivity contribution in [1.82, 2.24) is 4.90 Å². The number of thiocarbonyl (C=S) groups is 1. The molecule has 2 rings (SSSR count). The van der Waals surface area contributed by atoms with Gasteiger partial charge in [-0.25, -0.2) is 0 Å². The number of methoxy groups -OCH3 is 2. The number of ether oxygens (including phenoxy) is 2. The molecule has 134 valence electrons. The summed E-state index contributed by atoms with van der Waals surface area (Å²) in [5.41, 5.74) is 0.971. The minimum absolute atomic E-state index is 0.0438. The van der Waals surface area contributed by atoms with E-state index in [1.165, 1.54) is 7.11 Å². The van der Waals surface area contributed by atoms with Crippen LogP contribution in [0.2, 0.25) is 0 Å². The van der Waals surface area contributed by atoms with Gasteiger partial charge in [0, 0.05) is 13.0 Å². The fraction of sp³-hybridized carbons (Fsp3) is 0.389. The van der Waals surface area contributed by atoms with Gasteiger partial charge in [0.15, 0.2) is 0 Å². The molecule has 1 aliphatic rings. The Balaban J connectivity index is 1.88. The summed E-state index contributed by atoms with van der Waals surface area (Å²) in [5, 5.41) is -0.0438. The quantitative estimate of drug-likeness (QED) is 0.291. The molecule has 0 aromatic heterocycles. The van der Waals surface area contributed by atoms with Gasteiger partial charge in [-0.2, -0.15) is 0 Å². The van der Waals surface area contributed by atoms with Crippen molar-refractivity contribution in [3.05, 3.63) is 34.7 Å². The lowest BCUT2D eigenvalue weighted by atomic mass is 10.2. The summed E-state index contributed by atoms with van der Waals surface area (Å²) in [4.78, 5) is 26.2. The molecule has 0 spiro atoms. The first kappa shape index (κ1) is 19.5. The van der Waals surface area contributed by atoms with Crippen LogP contribution >= 0.6 is 24.0 Å². The second-order valence-electron chi connectivity index (χ2n) is 5.49. The van der Waals surface area contributed by atoms with Crippen LogP contribution in [0, 0.1) is 0 Å². The predicted molar refractivity (Wildman–Crippen MR) is 104 cm³/mol. The fourth-order valence-corrected chi connectivity index (χ4v) is 3.65. The molecule has 1 aliphatic heterocycles. The van der Waals surface area contributed by atoms with Crippen molar-refractivity contribution >= 4 is 46.3 Å². The lowest BCUT2D eigenvalue weighted by Crippen LogP contribution is -2.27. The smallest absolute Gasteiger partial charge is 0.305 e. The van der Waals surface area contributed by atoms with E-state index in [0.717, 1.165) is 47.2 Å². The zero-order valence-corrected chi connectivity index (χ0v) is 16.0. The zero-order chi connectivity index (χ0) is 18.2. The van der Waals surface area contributed by atoms with E-state index < -0.39 is 0 Å². The molecular weight excluding hydrogens is 358 g/mol. The summed E-state index contributed by atoms with van der Waals surface area (Å²) >= 11 is 6.60. The van der Waals surface area contributed by atoms with Crippen molar-refractivity contribution in [2.75, 3.05) is 20.8 Å². The van der Waals surface area contributed by atoms with Crippen LogP contribution in [0.4, 0.5) is 4.79 Å². The molecule has 0 radical (unpaired) electrons. The van der Waals surface area contributed by atoms with Gasteiger partial charge in [-0.05, 0) is 48.4 Å². The van der Waals surface area contributed by atoms with Gasteiger partial charge in [0.1, 0.15) is 10.7 Å². The maximum Gasteiger partial charge on any atom is 0.305 e. The number of amides is 1. The van der Waals surface area contributed by atoms with E-state index in [1.807, 2.05) is 30.3 Å². The highest BCUT2D eigenvalue weighted by Crippen LogP contribution is 2.33. The number of thioether (sulfide) groups is 1. The second-order valence-corrected chi connectivity index (χ2v) is 6.87. The first-order valence-corrected chi connectivity index (χ1v) is 9.24. The topological polar surface area (TPSA) is 55.8 Å². The van der Waals surface area contributed by atoms with E-state index in [-0.39, 0.29) is 11.2 Å². The number of rotatable bonds is 8. The molecule has 1 aromatic carbocycles. The SMILES string of the molecule is COC(=O)CCCCCN1C(=O)SC(=Cc2ccc(OC)cc2)C1=S. The van der Waals surface area contributed by atoms with E-state index in [1.54, 1.807) is 12.0 Å². The average molecular weight is 380 g/mol. The lowest BCUT2D eigenvalue weighted by Gasteiger charge is -2.14. The molecule has 0 N–H and O–H groups in total. The summed E-state index contributed by atoms with van der Waals surface area (Å²) in [7, 11) is 3.01. The molecule has 1 aromatic rings. The summed E-state index contributed by atoms with van der Waals surface area (Å²) in [6.07, 6.45) is 4.74. The molecule has 1 saturated heterocycles. The molecular formula is C18H21NO4S2. The molecule has 1 heterocycles. The number of unbranched alkanes of at least 4 members (excludes halogenated alkanes) is 2. The molecule has 0 atom stereocenters. The van der Waals surface area contributed by atoms with Crippen LogP contribution in [0.1, 0.15) is 31.2 Å². The Labute approximate surface area is 157 Å². The normalized spacial score (nSPS) is 15.8. The minimum atomic E-state index is -0.201. The van der Waals surface area contributed by atoms with Gasteiger partial charge in [0.25, 0.3) is 5.24 Å². The third-order valence-corrected chi connectivity index (χ3v) is 5.27. The van der Waals surface area contributed by atoms with Crippen molar-refractivity contribution in [3.63, 3.8) is 0 Å². The molecule has 5 nitrogen and oxygen atoms in total. The van der Waals surface area contributed by atoms with Gasteiger partial charge in [0.05, 0.1) is 19.1 Å². The first-order chi connectivity index (χ1) is 12.0. The van der Waals surface area contributed by atoms with Crippen LogP contribution in [0.25, 0.3) is 6.08 Å². The summed E-state index contributed by atoms with van der Waals surface area (Å²) < 4.78 is 9.74. The average Bonchev–Trinajstić information content (AvgIpc) is 2.89. The van der Waals surface area contributed by atoms with Gasteiger partial charge in [-0.1, -0.05) is 30.8 Å². The Kier molecular flexibility index (Phi) is 7.46. The molecule has 0 bridgehead atoms. The summed E-state index contributed by atoms with van der Waals surface area (Å²) in [5.74, 6) is 0.585. The first-order valence-electron chi connectivity index (χ1n) is 8.01. The molecule has 0 saturated carbocycles. The van der Waals surface area contributed by atoms with Crippen LogP contribution in [0.5, 0.6) is 5.75 Å². The minimum Gasteiger partial charge on any atom is -0.497 e. The number of hydrogen-bond acceptors (Lipinski definition) is 6. The molecule has 1 fully saturated rings. The van der Waals surface area contributed by atoms with E-state index in [4.69, 9.17) is 17.0 Å². The second kappa shape index (κ2) is 9.58. The Morgan fingerprint density at radius 2 is 1.92 bits per heavy atom. The number of benzene rings is 1. The lowest BCUT2D eigenvalue weighted by molar-refractivity contribution is -0.140. The molecule has 0 aliphatic carbocycles. The Morgan fingerprint density at radius 3 is 2.56 bits per heavy atom. The Bertz CT molecular complexity index is 670. The van der Waals surface area contributed by atoms with Gasteiger partial charge >= 0.3 is 5.97 Å². The Hall–Kier alpha value is -1.86. The highest BCUT2D eigenvalue weighted by molar-refractivity contribution is 8.19. The summed E-state index contributed by atoms with van der Waals surface area (Å²) in [6, 6.07) is 7.59. The van der Waals surface area contributed by atoms with Crippen LogP contribution in [0.15, 0.2) is 29.2 Å². The zero-order valence-electron chi connectivity index (χ0n) is 14.3. The van der Waals surface area contributed by atoms with Crippen molar-refractivity contribution in [3.8, 4) is 5.75 Å². The third kappa shape index (κ3) is 5.57. The maximum atomic E-state index is 12.2. The molecule has 25 heavy (non-hydrogen) atoms. The van der Waals surface area contributed by atoms with Crippen LogP contribution < -0.4 is 4.74 Å². The van der Waals surface area contributed by atoms with Crippen molar-refractivity contribution < 1.29 is 19.1 Å². The van der Waals surface area contributed by atoms with E-state index in [0.29, 0.717) is 18.0 Å². The standard InChI is InChI=1S/C18H21NO4S2/c1-22-14-9-7-13(8-10-14)12-15-17(24)19(18(21)25-15)11-5-3-4-6-16(20)23-2/h7-10,12H,3-6,11H2,1-2H3. The Morgan fingerprint density at radius 1 is 1.20 bits per heavy atom. The van der Waals surface area contributed by atoms with Gasteiger partial charge in [-0.15, -0.1) is 0 Å². The molecule has 1 amide bonds. The van der Waals surface area contributed by atoms with Crippen LogP contribution in [0.3, 0.4) is 0 Å². The van der Waals surface area contributed by atoms with Crippen molar-refractivity contribution in [2.24, 2.45) is 0 Å². The number of nitrogens with zero attached hydrogens (tertiary/aromatic N) is 1. The van der Waals surface area contributed by atoms with Crippen molar-refractivity contribution in [2.45, 2.75) is 25.7 Å². The van der Waals surface area contributed by atoms with Crippen LogP contribution in [-0.4, -0.2) is 41.9 Å². The van der Waals surface area contributed by atoms with Gasteiger partial charge in [-0.3, -0.25) is 14.5 Å². The van der Waals surface area contributed by atoms with E-state index >= 15 is 0 Å². The number of esters is 1. The maximum absolute atomic E-state index is 12.2. The number of hydrogen-bond donors (Lipinski definition) is 0. The number of carbonyl (C=O) groups excluding carboxylic acids is 2. The van der Waals surface area contributed by atoms with Gasteiger partial charge in [0.2, 0.25) is 0 Å². The fourth-order valence-electron chi connectivity index (χ4n) is 2.36. The van der Waals surface area contributed by atoms with Crippen molar-refractivity contribution in [1.29, 1.82) is 0 Å². The predicted octanol–water partition coefficient (Wildman–Crippen LogP) is 4.27.